The number of rotatable bonds is 7. The van der Waals surface area contributed by atoms with Gasteiger partial charge in [0, 0.05) is 21.5 Å². The molecule has 4 aromatic rings. The zero-order valence-corrected chi connectivity index (χ0v) is 19.0. The van der Waals surface area contributed by atoms with Gasteiger partial charge in [-0.15, -0.1) is 11.3 Å². The highest BCUT2D eigenvalue weighted by molar-refractivity contribution is 7.16. The lowest BCUT2D eigenvalue weighted by molar-refractivity contribution is -0.111. The number of nitrogens with one attached hydrogen (secondary N) is 1. The van der Waals surface area contributed by atoms with Gasteiger partial charge in [-0.05, 0) is 48.4 Å². The maximum absolute atomic E-state index is 12.3. The van der Waals surface area contributed by atoms with E-state index < -0.39 is 0 Å². The molecular weight excluding hydrogens is 440 g/mol. The first-order chi connectivity index (χ1) is 15.6. The van der Waals surface area contributed by atoms with E-state index >= 15 is 0 Å². The van der Waals surface area contributed by atoms with Gasteiger partial charge in [-0.25, -0.2) is 4.98 Å². The lowest BCUT2D eigenvalue weighted by atomic mass is 10.1. The highest BCUT2D eigenvalue weighted by Crippen LogP contribution is 2.31. The molecule has 0 fully saturated rings. The number of aromatic nitrogens is 1. The van der Waals surface area contributed by atoms with Crippen molar-refractivity contribution in [3.63, 3.8) is 0 Å². The Balaban J connectivity index is 1.34. The third-order valence-electron chi connectivity index (χ3n) is 4.68. The maximum atomic E-state index is 12.3. The SMILES string of the molecule is Cc1sc(NC(=O)/C=C/c2ccc(OCc3ccccc3)cc2)nc1-c1cccc(Cl)c1. The number of amides is 1. The molecule has 32 heavy (non-hydrogen) atoms. The molecule has 0 unspecified atom stereocenters. The maximum Gasteiger partial charge on any atom is 0.250 e. The molecule has 3 aromatic carbocycles. The van der Waals surface area contributed by atoms with Crippen molar-refractivity contribution in [2.24, 2.45) is 0 Å². The van der Waals surface area contributed by atoms with Gasteiger partial charge in [0.15, 0.2) is 5.13 Å². The van der Waals surface area contributed by atoms with Gasteiger partial charge >= 0.3 is 0 Å². The number of thiazole rings is 1. The predicted octanol–water partition coefficient (Wildman–Crippen LogP) is 7.00. The van der Waals surface area contributed by atoms with Crippen molar-refractivity contribution in [1.82, 2.24) is 4.98 Å². The van der Waals surface area contributed by atoms with E-state index in [1.165, 1.54) is 17.4 Å². The molecular formula is C26H21ClN2O2S. The number of ether oxygens (including phenoxy) is 1. The Morgan fingerprint density at radius 1 is 1.06 bits per heavy atom. The number of aryl methyl sites for hydroxylation is 1. The van der Waals surface area contributed by atoms with Crippen molar-refractivity contribution in [3.8, 4) is 17.0 Å². The zero-order valence-electron chi connectivity index (χ0n) is 17.4. The molecule has 0 spiro atoms. The van der Waals surface area contributed by atoms with Gasteiger partial charge in [-0.1, -0.05) is 66.2 Å². The second kappa shape index (κ2) is 10.3. The van der Waals surface area contributed by atoms with Crippen molar-refractivity contribution in [3.05, 3.63) is 106 Å². The van der Waals surface area contributed by atoms with Gasteiger partial charge in [0.1, 0.15) is 12.4 Å². The number of carbonyl (C=O) groups excluding carboxylic acids is 1. The molecule has 1 amide bonds. The number of benzene rings is 3. The summed E-state index contributed by atoms with van der Waals surface area (Å²) in [5.74, 6) is 0.544. The number of hydrogen-bond acceptors (Lipinski definition) is 4. The molecule has 1 aromatic heterocycles. The number of carbonyl (C=O) groups is 1. The quantitative estimate of drug-likeness (QED) is 0.302. The minimum Gasteiger partial charge on any atom is -0.489 e. The summed E-state index contributed by atoms with van der Waals surface area (Å²) in [6, 6.07) is 25.1. The van der Waals surface area contributed by atoms with E-state index in [2.05, 4.69) is 10.3 Å². The Labute approximate surface area is 196 Å². The van der Waals surface area contributed by atoms with Crippen LogP contribution in [0.25, 0.3) is 17.3 Å². The first-order valence-electron chi connectivity index (χ1n) is 10.1. The van der Waals surface area contributed by atoms with Crippen LogP contribution in [0.15, 0.2) is 84.9 Å². The summed E-state index contributed by atoms with van der Waals surface area (Å²) in [6.45, 7) is 2.49. The molecule has 1 N–H and O–H groups in total. The van der Waals surface area contributed by atoms with E-state index in [1.807, 2.05) is 85.8 Å². The summed E-state index contributed by atoms with van der Waals surface area (Å²) in [4.78, 5) is 17.9. The molecule has 0 aliphatic rings. The van der Waals surface area contributed by atoms with E-state index in [-0.39, 0.29) is 5.91 Å². The molecule has 0 aliphatic carbocycles. The van der Waals surface area contributed by atoms with Gasteiger partial charge in [0.2, 0.25) is 5.91 Å². The number of hydrogen-bond donors (Lipinski definition) is 1. The van der Waals surface area contributed by atoms with Crippen molar-refractivity contribution >= 4 is 40.1 Å². The van der Waals surface area contributed by atoms with E-state index in [0.717, 1.165) is 33.0 Å². The Morgan fingerprint density at radius 2 is 1.84 bits per heavy atom. The highest BCUT2D eigenvalue weighted by Gasteiger charge is 2.11. The second-order valence-corrected chi connectivity index (χ2v) is 8.74. The smallest absolute Gasteiger partial charge is 0.250 e. The summed E-state index contributed by atoms with van der Waals surface area (Å²) < 4.78 is 5.79. The lowest BCUT2D eigenvalue weighted by Crippen LogP contribution is -2.07. The van der Waals surface area contributed by atoms with Gasteiger partial charge in [-0.3, -0.25) is 10.1 Å². The zero-order chi connectivity index (χ0) is 22.3. The topological polar surface area (TPSA) is 51.2 Å². The summed E-state index contributed by atoms with van der Waals surface area (Å²) in [5, 5.41) is 4.04. The van der Waals surface area contributed by atoms with Crippen molar-refractivity contribution < 1.29 is 9.53 Å². The number of anilines is 1. The van der Waals surface area contributed by atoms with Crippen molar-refractivity contribution in [1.29, 1.82) is 0 Å². The van der Waals surface area contributed by atoms with E-state index in [9.17, 15) is 4.79 Å². The van der Waals surface area contributed by atoms with Crippen LogP contribution in [-0.4, -0.2) is 10.9 Å². The van der Waals surface area contributed by atoms with Crippen LogP contribution in [0.3, 0.4) is 0 Å². The molecule has 0 atom stereocenters. The third kappa shape index (κ3) is 5.84. The molecule has 0 bridgehead atoms. The molecule has 1 heterocycles. The van der Waals surface area contributed by atoms with Crippen molar-refractivity contribution in [2.45, 2.75) is 13.5 Å². The monoisotopic (exact) mass is 460 g/mol. The first-order valence-corrected chi connectivity index (χ1v) is 11.3. The Bertz CT molecular complexity index is 1230. The van der Waals surface area contributed by atoms with Gasteiger partial charge in [0.05, 0.1) is 5.69 Å². The molecule has 6 heteroatoms. The van der Waals surface area contributed by atoms with Gasteiger partial charge < -0.3 is 4.74 Å². The van der Waals surface area contributed by atoms with E-state index in [0.29, 0.717) is 16.8 Å². The average molecular weight is 461 g/mol. The second-order valence-electron chi connectivity index (χ2n) is 7.10. The Kier molecular flexibility index (Phi) is 7.00. The Hall–Kier alpha value is -3.41. The van der Waals surface area contributed by atoms with Crippen LogP contribution < -0.4 is 10.1 Å². The summed E-state index contributed by atoms with van der Waals surface area (Å²) in [6.07, 6.45) is 3.25. The average Bonchev–Trinajstić information content (AvgIpc) is 3.17. The molecule has 0 radical (unpaired) electrons. The fourth-order valence-electron chi connectivity index (χ4n) is 3.09. The highest BCUT2D eigenvalue weighted by atomic mass is 35.5. The van der Waals surface area contributed by atoms with Crippen LogP contribution in [0.1, 0.15) is 16.0 Å². The molecule has 0 aliphatic heterocycles. The Morgan fingerprint density at radius 3 is 2.59 bits per heavy atom. The molecule has 0 saturated heterocycles. The third-order valence-corrected chi connectivity index (χ3v) is 5.80. The summed E-state index contributed by atoms with van der Waals surface area (Å²) in [5.41, 5.74) is 3.77. The van der Waals surface area contributed by atoms with E-state index in [4.69, 9.17) is 16.3 Å². The summed E-state index contributed by atoms with van der Waals surface area (Å²) in [7, 11) is 0. The number of halogens is 1. The van der Waals surface area contributed by atoms with Gasteiger partial charge in [-0.2, -0.15) is 0 Å². The molecule has 0 saturated carbocycles. The minimum absolute atomic E-state index is 0.235. The van der Waals surface area contributed by atoms with Crippen LogP contribution in [-0.2, 0) is 11.4 Å². The molecule has 4 rings (SSSR count). The lowest BCUT2D eigenvalue weighted by Gasteiger charge is -2.06. The molecule has 160 valence electrons. The molecule has 4 nitrogen and oxygen atoms in total. The van der Waals surface area contributed by atoms with E-state index in [1.54, 1.807) is 6.08 Å². The van der Waals surface area contributed by atoms with Gasteiger partial charge in [0.25, 0.3) is 0 Å². The van der Waals surface area contributed by atoms with Crippen LogP contribution in [0.5, 0.6) is 5.75 Å². The standard InChI is InChI=1S/C26H21ClN2O2S/c1-18-25(21-8-5-9-22(27)16-21)29-26(32-18)28-24(30)15-12-19-10-13-23(14-11-19)31-17-20-6-3-2-4-7-20/h2-16H,17H2,1H3,(H,28,29,30)/b15-12+. The first kappa shape index (κ1) is 21.8. The van der Waals surface area contributed by atoms with Crippen LogP contribution in [0.2, 0.25) is 5.02 Å². The normalized spacial score (nSPS) is 10.9. The van der Waals surface area contributed by atoms with Crippen LogP contribution >= 0.6 is 22.9 Å². The fourth-order valence-corrected chi connectivity index (χ4v) is 4.12. The fraction of sp³-hybridized carbons (Fsp3) is 0.0769. The minimum atomic E-state index is -0.235. The predicted molar refractivity (Wildman–Crippen MR) is 132 cm³/mol. The van der Waals surface area contributed by atoms with Crippen LogP contribution in [0, 0.1) is 6.92 Å². The largest absolute Gasteiger partial charge is 0.489 e. The number of nitrogens with zero attached hydrogens (tertiary/aromatic N) is 1. The van der Waals surface area contributed by atoms with Crippen molar-refractivity contribution in [2.75, 3.05) is 5.32 Å². The van der Waals surface area contributed by atoms with Crippen LogP contribution in [0.4, 0.5) is 5.13 Å². The summed E-state index contributed by atoms with van der Waals surface area (Å²) >= 11 is 7.52.